The molecule has 2 N–H and O–H groups in total. The van der Waals surface area contributed by atoms with Gasteiger partial charge in [-0.15, -0.1) is 0 Å². The minimum atomic E-state index is -1.06. The highest BCUT2D eigenvalue weighted by molar-refractivity contribution is 6.06. The van der Waals surface area contributed by atoms with E-state index in [0.29, 0.717) is 57.2 Å². The minimum Gasteiger partial charge on any atom is -0.448 e. The molecule has 236 valence electrons. The number of likely N-dealkylation sites (N-methyl/N-ethyl adjacent to an activating group) is 1. The van der Waals surface area contributed by atoms with Gasteiger partial charge in [-0.3, -0.25) is 14.7 Å². The molecule has 46 heavy (non-hydrogen) atoms. The van der Waals surface area contributed by atoms with E-state index in [1.54, 1.807) is 31.6 Å². The molecule has 0 saturated carbocycles. The molecule has 2 atom stereocenters. The maximum Gasteiger partial charge on any atom is 0.338 e. The average Bonchev–Trinajstić information content (AvgIpc) is 3.75. The third-order valence-corrected chi connectivity index (χ3v) is 9.11. The van der Waals surface area contributed by atoms with Crippen LogP contribution >= 0.6 is 0 Å². The molecule has 2 amide bonds. The number of nitrogens with zero attached hydrogens (tertiary/aromatic N) is 3. The number of hydrogen-bond acceptors (Lipinski definition) is 8. The Morgan fingerprint density at radius 2 is 1.85 bits per heavy atom. The summed E-state index contributed by atoms with van der Waals surface area (Å²) in [6.07, 6.45) is 7.36. The molecule has 2 aromatic carbocycles. The Bertz CT molecular complexity index is 1880. The van der Waals surface area contributed by atoms with Crippen LogP contribution in [-0.4, -0.2) is 84.0 Å². The predicted octanol–water partition coefficient (Wildman–Crippen LogP) is 3.54. The topological polar surface area (TPSA) is 136 Å². The van der Waals surface area contributed by atoms with E-state index in [1.165, 1.54) is 4.90 Å². The van der Waals surface area contributed by atoms with Gasteiger partial charge in [0.2, 0.25) is 5.91 Å². The number of amides is 2. The van der Waals surface area contributed by atoms with Crippen LogP contribution in [0.4, 0.5) is 5.82 Å². The molecule has 1 aliphatic carbocycles. The number of fused-ring (bicyclic) bond motifs is 3. The summed E-state index contributed by atoms with van der Waals surface area (Å²) in [6.45, 7) is 3.75. The number of esters is 1. The van der Waals surface area contributed by atoms with Crippen LogP contribution in [0.3, 0.4) is 0 Å². The number of aromatic amines is 1. The lowest BCUT2D eigenvalue weighted by atomic mass is 9.79. The zero-order valence-electron chi connectivity index (χ0n) is 25.8. The molecule has 0 unspecified atom stereocenters. The number of hydrogen-bond donors (Lipinski definition) is 2. The van der Waals surface area contributed by atoms with Gasteiger partial charge in [-0.2, -0.15) is 5.10 Å². The number of anilines is 1. The van der Waals surface area contributed by atoms with Crippen LogP contribution in [0.25, 0.3) is 17.0 Å². The van der Waals surface area contributed by atoms with Crippen molar-refractivity contribution in [2.24, 2.45) is 0 Å². The van der Waals surface area contributed by atoms with Gasteiger partial charge in [0.05, 0.1) is 49.1 Å². The molecule has 2 aliphatic heterocycles. The number of rotatable bonds is 2. The van der Waals surface area contributed by atoms with E-state index < -0.39 is 17.5 Å². The van der Waals surface area contributed by atoms with Crippen LogP contribution in [0.5, 0.6) is 0 Å². The number of cyclic esters (lactones) is 1. The molecule has 4 aromatic rings. The number of carbonyl (C=O) groups excluding carboxylic acids is 3. The molecule has 11 heteroatoms. The number of aryl methyl sites for hydroxylation is 1. The number of ether oxygens (including phenoxy) is 3. The van der Waals surface area contributed by atoms with Crippen LogP contribution in [0.2, 0.25) is 0 Å². The van der Waals surface area contributed by atoms with E-state index in [9.17, 15) is 14.4 Å². The highest BCUT2D eigenvalue weighted by Crippen LogP contribution is 2.47. The lowest BCUT2D eigenvalue weighted by Crippen LogP contribution is -2.42. The summed E-state index contributed by atoms with van der Waals surface area (Å²) < 4.78 is 17.4. The van der Waals surface area contributed by atoms with Crippen molar-refractivity contribution in [1.82, 2.24) is 20.1 Å². The smallest absolute Gasteiger partial charge is 0.338 e. The Hall–Kier alpha value is -4.87. The summed E-state index contributed by atoms with van der Waals surface area (Å²) >= 11 is 0. The Balaban J connectivity index is 1.20. The van der Waals surface area contributed by atoms with Gasteiger partial charge >= 0.3 is 5.97 Å². The fourth-order valence-corrected chi connectivity index (χ4v) is 6.67. The molecule has 2 aromatic heterocycles. The van der Waals surface area contributed by atoms with E-state index in [2.05, 4.69) is 20.5 Å². The van der Waals surface area contributed by atoms with Gasteiger partial charge in [0.15, 0.2) is 6.10 Å². The molecule has 0 radical (unpaired) electrons. The number of pyridine rings is 1. The van der Waals surface area contributed by atoms with Crippen molar-refractivity contribution in [3.63, 3.8) is 0 Å². The molecule has 0 fully saturated rings. The molecule has 7 rings (SSSR count). The molecule has 11 nitrogen and oxygen atoms in total. The maximum atomic E-state index is 13.7. The van der Waals surface area contributed by atoms with Gasteiger partial charge in [-0.25, -0.2) is 9.78 Å². The van der Waals surface area contributed by atoms with Crippen molar-refractivity contribution in [3.05, 3.63) is 93.8 Å². The van der Waals surface area contributed by atoms with Gasteiger partial charge in [0, 0.05) is 37.2 Å². The van der Waals surface area contributed by atoms with Gasteiger partial charge in [-0.1, -0.05) is 24.3 Å². The second-order valence-electron chi connectivity index (χ2n) is 12.2. The van der Waals surface area contributed by atoms with Crippen molar-refractivity contribution in [2.75, 3.05) is 45.3 Å². The highest BCUT2D eigenvalue weighted by Gasteiger charge is 2.51. The fourth-order valence-electron chi connectivity index (χ4n) is 6.67. The third-order valence-electron chi connectivity index (χ3n) is 9.11. The summed E-state index contributed by atoms with van der Waals surface area (Å²) in [4.78, 5) is 46.9. The Labute approximate surface area is 265 Å². The molecule has 4 heterocycles. The zero-order valence-corrected chi connectivity index (χ0v) is 25.8. The molecule has 1 spiro atoms. The number of benzene rings is 2. The number of nitrogens with one attached hydrogen (secondary N) is 2. The molecular weight excluding hydrogens is 586 g/mol. The molecule has 5 bridgehead atoms. The Kier molecular flexibility index (Phi) is 7.87. The fraction of sp³-hybridized carbons (Fsp3) is 0.343. The van der Waals surface area contributed by atoms with Gasteiger partial charge in [0.1, 0.15) is 5.82 Å². The summed E-state index contributed by atoms with van der Waals surface area (Å²) in [5, 5.41) is 11.0. The maximum absolute atomic E-state index is 13.7. The summed E-state index contributed by atoms with van der Waals surface area (Å²) in [5.74, 6) is -0.467. The first-order valence-corrected chi connectivity index (χ1v) is 15.4. The van der Waals surface area contributed by atoms with Crippen LogP contribution < -0.4 is 5.32 Å². The quantitative estimate of drug-likeness (QED) is 0.325. The third kappa shape index (κ3) is 5.56. The molecule has 0 saturated heterocycles. The van der Waals surface area contributed by atoms with Crippen molar-refractivity contribution >= 4 is 40.6 Å². The number of aromatic nitrogens is 3. The summed E-state index contributed by atoms with van der Waals surface area (Å²) in [5.41, 5.74) is 5.87. The second-order valence-corrected chi connectivity index (χ2v) is 12.2. The summed E-state index contributed by atoms with van der Waals surface area (Å²) in [6, 6.07) is 11.3. The molecular formula is C35H35N5O6. The van der Waals surface area contributed by atoms with E-state index in [-0.39, 0.29) is 18.2 Å². The van der Waals surface area contributed by atoms with E-state index >= 15 is 0 Å². The minimum absolute atomic E-state index is 0.104. The highest BCUT2D eigenvalue weighted by atomic mass is 16.5. The monoisotopic (exact) mass is 621 g/mol. The second kappa shape index (κ2) is 12.1. The van der Waals surface area contributed by atoms with Gasteiger partial charge < -0.3 is 24.4 Å². The van der Waals surface area contributed by atoms with Crippen LogP contribution in [0.1, 0.15) is 43.7 Å². The standard InChI is InChI=1S/C35H35N5O6/c1-21-12-23(13-27-20-37-39-30(21)27)15-29-32(41)40(2)7-9-45-11-10-44-8-3-4-22-14-28-31(36-19-22)38-34(43)35(28)17-25-6-5-24(33(42)46-29)16-26(25)18-35/h3-6,12-14,16,19-20,29H,7-11,15,17-18H2,1-2H3,(H,37,39)(H,36,38,43)/b4-3+/t29-,35-/m1/s1. The van der Waals surface area contributed by atoms with Crippen molar-refractivity contribution < 1.29 is 28.6 Å². The Morgan fingerprint density at radius 1 is 1.00 bits per heavy atom. The van der Waals surface area contributed by atoms with Crippen LogP contribution in [0, 0.1) is 6.92 Å². The van der Waals surface area contributed by atoms with E-state index in [4.69, 9.17) is 14.2 Å². The zero-order chi connectivity index (χ0) is 31.8. The number of H-pyrrole nitrogens is 1. The first-order chi connectivity index (χ1) is 22.3. The van der Waals surface area contributed by atoms with Crippen LogP contribution in [-0.2, 0) is 48.5 Å². The predicted molar refractivity (Wildman–Crippen MR) is 170 cm³/mol. The summed E-state index contributed by atoms with van der Waals surface area (Å²) in [7, 11) is 1.68. The van der Waals surface area contributed by atoms with Crippen molar-refractivity contribution in [2.45, 2.75) is 37.7 Å². The van der Waals surface area contributed by atoms with E-state index in [1.807, 2.05) is 43.3 Å². The lowest BCUT2D eigenvalue weighted by Gasteiger charge is -2.24. The average molecular weight is 622 g/mol. The van der Waals surface area contributed by atoms with Gasteiger partial charge in [0.25, 0.3) is 5.91 Å². The van der Waals surface area contributed by atoms with E-state index in [0.717, 1.165) is 44.3 Å². The largest absolute Gasteiger partial charge is 0.448 e. The van der Waals surface area contributed by atoms with Crippen molar-refractivity contribution in [3.8, 4) is 0 Å². The van der Waals surface area contributed by atoms with Gasteiger partial charge in [-0.05, 0) is 71.8 Å². The lowest BCUT2D eigenvalue weighted by molar-refractivity contribution is -0.140. The Morgan fingerprint density at radius 3 is 2.74 bits per heavy atom. The van der Waals surface area contributed by atoms with Crippen LogP contribution in [0.15, 0.2) is 54.9 Å². The SMILES string of the molecule is Cc1cc(C[C@H]2OC(=O)c3ccc4c(c3)C[C@@]3(C4)C(=O)Nc4ncc(cc43)/C=C/COCCOCCN(C)C2=O)cc2cn[nH]c12. The van der Waals surface area contributed by atoms with Crippen molar-refractivity contribution in [1.29, 1.82) is 0 Å². The first-order valence-electron chi connectivity index (χ1n) is 15.4. The normalized spacial score (nSPS) is 22.8. The molecule has 3 aliphatic rings. The number of carbonyl (C=O) groups is 3. The first kappa shape index (κ1) is 29.8.